The maximum Gasteiger partial charge on any atom is 0.158 e. The van der Waals surface area contributed by atoms with E-state index in [4.69, 9.17) is 10.6 Å². The zero-order valence-electron chi connectivity index (χ0n) is 11.7. The standard InChI is InChI=1S/C13H23N5O/c1-3-18(8-10-5-6-10)13-7-11(17-14)15-12(16-13)9-19-4-2/h7,10H,3-6,8-9,14H2,1-2H3,(H,15,16,17). The number of hydrogen-bond acceptors (Lipinski definition) is 6. The molecular formula is C13H23N5O. The number of nitrogens with two attached hydrogens (primary N) is 1. The van der Waals surface area contributed by atoms with Crippen molar-refractivity contribution in [3.63, 3.8) is 0 Å². The molecule has 1 fully saturated rings. The highest BCUT2D eigenvalue weighted by atomic mass is 16.5. The molecule has 0 amide bonds. The summed E-state index contributed by atoms with van der Waals surface area (Å²) < 4.78 is 5.37. The van der Waals surface area contributed by atoms with Gasteiger partial charge in [-0.2, -0.15) is 0 Å². The quantitative estimate of drug-likeness (QED) is 0.548. The van der Waals surface area contributed by atoms with Gasteiger partial charge in [-0.05, 0) is 32.6 Å². The Bertz CT molecular complexity index is 408. The van der Waals surface area contributed by atoms with E-state index >= 15 is 0 Å². The van der Waals surface area contributed by atoms with Crippen LogP contribution in [0.15, 0.2) is 6.07 Å². The minimum Gasteiger partial charge on any atom is -0.374 e. The van der Waals surface area contributed by atoms with Crippen molar-refractivity contribution < 1.29 is 4.74 Å². The van der Waals surface area contributed by atoms with Gasteiger partial charge in [0.2, 0.25) is 0 Å². The summed E-state index contributed by atoms with van der Waals surface area (Å²) in [5, 5.41) is 0. The van der Waals surface area contributed by atoms with E-state index in [0.29, 0.717) is 24.9 Å². The Morgan fingerprint density at radius 3 is 2.79 bits per heavy atom. The van der Waals surface area contributed by atoms with Crippen LogP contribution in [0.5, 0.6) is 0 Å². The normalized spacial score (nSPS) is 14.5. The van der Waals surface area contributed by atoms with E-state index in [1.165, 1.54) is 12.8 Å². The van der Waals surface area contributed by atoms with Crippen LogP contribution in [0.2, 0.25) is 0 Å². The number of nitrogens with zero attached hydrogens (tertiary/aromatic N) is 3. The lowest BCUT2D eigenvalue weighted by Gasteiger charge is -2.22. The molecule has 0 radical (unpaired) electrons. The molecule has 1 aromatic rings. The number of aromatic nitrogens is 2. The predicted molar refractivity (Wildman–Crippen MR) is 75.8 cm³/mol. The van der Waals surface area contributed by atoms with Gasteiger partial charge < -0.3 is 15.1 Å². The summed E-state index contributed by atoms with van der Waals surface area (Å²) in [6.07, 6.45) is 2.66. The van der Waals surface area contributed by atoms with Gasteiger partial charge in [0.15, 0.2) is 5.82 Å². The third-order valence-corrected chi connectivity index (χ3v) is 3.22. The Morgan fingerprint density at radius 1 is 1.42 bits per heavy atom. The molecule has 1 aromatic heterocycles. The molecule has 1 heterocycles. The molecule has 106 valence electrons. The second kappa shape index (κ2) is 6.68. The van der Waals surface area contributed by atoms with E-state index in [9.17, 15) is 0 Å². The van der Waals surface area contributed by atoms with Gasteiger partial charge >= 0.3 is 0 Å². The SMILES string of the molecule is CCOCc1nc(NN)cc(N(CC)CC2CC2)n1. The average Bonchev–Trinajstić information content (AvgIpc) is 3.26. The van der Waals surface area contributed by atoms with Crippen molar-refractivity contribution in [2.24, 2.45) is 11.8 Å². The van der Waals surface area contributed by atoms with Crippen molar-refractivity contribution in [3.8, 4) is 0 Å². The van der Waals surface area contributed by atoms with Gasteiger partial charge in [-0.25, -0.2) is 15.8 Å². The van der Waals surface area contributed by atoms with Crippen molar-refractivity contribution in [2.75, 3.05) is 30.0 Å². The van der Waals surface area contributed by atoms with E-state index in [1.807, 2.05) is 13.0 Å². The number of nitrogens with one attached hydrogen (secondary N) is 1. The maximum absolute atomic E-state index is 5.47. The summed E-state index contributed by atoms with van der Waals surface area (Å²) >= 11 is 0. The van der Waals surface area contributed by atoms with Gasteiger partial charge in [0.1, 0.15) is 18.2 Å². The van der Waals surface area contributed by atoms with Crippen LogP contribution < -0.4 is 16.2 Å². The van der Waals surface area contributed by atoms with E-state index < -0.39 is 0 Å². The Labute approximate surface area is 114 Å². The van der Waals surface area contributed by atoms with Crippen LogP contribution in [0.1, 0.15) is 32.5 Å². The van der Waals surface area contributed by atoms with Crippen molar-refractivity contribution in [2.45, 2.75) is 33.3 Å². The van der Waals surface area contributed by atoms with E-state index in [-0.39, 0.29) is 0 Å². The lowest BCUT2D eigenvalue weighted by molar-refractivity contribution is 0.128. The van der Waals surface area contributed by atoms with E-state index in [1.54, 1.807) is 0 Å². The molecule has 0 atom stereocenters. The van der Waals surface area contributed by atoms with Gasteiger partial charge in [0.25, 0.3) is 0 Å². The van der Waals surface area contributed by atoms with Crippen molar-refractivity contribution >= 4 is 11.6 Å². The number of hydrazine groups is 1. The van der Waals surface area contributed by atoms with E-state index in [2.05, 4.69) is 27.2 Å². The highest BCUT2D eigenvalue weighted by molar-refractivity contribution is 5.49. The molecule has 0 aliphatic heterocycles. The van der Waals surface area contributed by atoms with Crippen LogP contribution in [0.4, 0.5) is 11.6 Å². The molecular weight excluding hydrogens is 242 g/mol. The molecule has 6 nitrogen and oxygen atoms in total. The first-order chi connectivity index (χ1) is 9.26. The Hall–Kier alpha value is -1.40. The van der Waals surface area contributed by atoms with Crippen LogP contribution in [-0.4, -0.2) is 29.7 Å². The van der Waals surface area contributed by atoms with E-state index in [0.717, 1.165) is 24.8 Å². The maximum atomic E-state index is 5.47. The van der Waals surface area contributed by atoms with Crippen LogP contribution in [0.25, 0.3) is 0 Å². The molecule has 2 rings (SSSR count). The Morgan fingerprint density at radius 2 is 2.21 bits per heavy atom. The van der Waals surface area contributed by atoms with Crippen molar-refractivity contribution in [1.82, 2.24) is 9.97 Å². The lowest BCUT2D eigenvalue weighted by atomic mass is 10.3. The summed E-state index contributed by atoms with van der Waals surface area (Å²) in [7, 11) is 0. The first kappa shape index (κ1) is 14.0. The molecule has 0 aromatic carbocycles. The molecule has 0 unspecified atom stereocenters. The molecule has 0 saturated heterocycles. The Balaban J connectivity index is 2.15. The molecule has 1 aliphatic rings. The lowest BCUT2D eigenvalue weighted by Crippen LogP contribution is -2.27. The summed E-state index contributed by atoms with van der Waals surface area (Å²) in [6, 6.07) is 1.89. The zero-order chi connectivity index (χ0) is 13.7. The molecule has 0 spiro atoms. The van der Waals surface area contributed by atoms with Gasteiger partial charge in [-0.3, -0.25) is 0 Å². The second-order valence-corrected chi connectivity index (χ2v) is 4.79. The topological polar surface area (TPSA) is 76.3 Å². The third kappa shape index (κ3) is 4.04. The number of hydrogen-bond donors (Lipinski definition) is 2. The predicted octanol–water partition coefficient (Wildman–Crippen LogP) is 1.53. The van der Waals surface area contributed by atoms with Crippen LogP contribution in [0, 0.1) is 5.92 Å². The Kier molecular flexibility index (Phi) is 4.93. The first-order valence-corrected chi connectivity index (χ1v) is 6.94. The second-order valence-electron chi connectivity index (χ2n) is 4.79. The van der Waals surface area contributed by atoms with Gasteiger partial charge in [0.05, 0.1) is 0 Å². The molecule has 0 bridgehead atoms. The zero-order valence-corrected chi connectivity index (χ0v) is 11.7. The van der Waals surface area contributed by atoms with Crippen LogP contribution in [0.3, 0.4) is 0 Å². The van der Waals surface area contributed by atoms with Crippen LogP contribution in [-0.2, 0) is 11.3 Å². The van der Waals surface area contributed by atoms with Crippen molar-refractivity contribution in [3.05, 3.63) is 11.9 Å². The number of ether oxygens (including phenoxy) is 1. The largest absolute Gasteiger partial charge is 0.374 e. The number of anilines is 2. The summed E-state index contributed by atoms with van der Waals surface area (Å²) in [6.45, 7) is 7.16. The summed E-state index contributed by atoms with van der Waals surface area (Å²) in [4.78, 5) is 11.1. The van der Waals surface area contributed by atoms with Gasteiger partial charge in [-0.1, -0.05) is 0 Å². The first-order valence-electron chi connectivity index (χ1n) is 6.94. The minimum atomic E-state index is 0.417. The minimum absolute atomic E-state index is 0.417. The summed E-state index contributed by atoms with van der Waals surface area (Å²) in [5.41, 5.74) is 2.60. The molecule has 19 heavy (non-hydrogen) atoms. The highest BCUT2D eigenvalue weighted by Gasteiger charge is 2.24. The average molecular weight is 265 g/mol. The van der Waals surface area contributed by atoms with Crippen LogP contribution >= 0.6 is 0 Å². The van der Waals surface area contributed by atoms with Crippen molar-refractivity contribution in [1.29, 1.82) is 0 Å². The highest BCUT2D eigenvalue weighted by Crippen LogP contribution is 2.31. The third-order valence-electron chi connectivity index (χ3n) is 3.22. The fourth-order valence-electron chi connectivity index (χ4n) is 1.97. The molecule has 1 aliphatic carbocycles. The van der Waals surface area contributed by atoms with Gasteiger partial charge in [-0.15, -0.1) is 0 Å². The molecule has 3 N–H and O–H groups in total. The van der Waals surface area contributed by atoms with Gasteiger partial charge in [0, 0.05) is 25.8 Å². The number of rotatable bonds is 8. The molecule has 6 heteroatoms. The number of nitrogen functional groups attached to an aromatic ring is 1. The smallest absolute Gasteiger partial charge is 0.158 e. The fourth-order valence-corrected chi connectivity index (χ4v) is 1.97. The fraction of sp³-hybridized carbons (Fsp3) is 0.692. The summed E-state index contributed by atoms with van der Waals surface area (Å²) in [5.74, 6) is 8.52. The molecule has 1 saturated carbocycles. The monoisotopic (exact) mass is 265 g/mol.